The quantitative estimate of drug-likeness (QED) is 0.635. The average molecular weight is 450 g/mol. The van der Waals surface area contributed by atoms with E-state index in [1.807, 2.05) is 24.4 Å². The molecule has 0 saturated heterocycles. The number of hydrogen-bond acceptors (Lipinski definition) is 6. The van der Waals surface area contributed by atoms with Crippen molar-refractivity contribution in [1.82, 2.24) is 5.32 Å². The number of amides is 2. The molecule has 0 saturated carbocycles. The van der Waals surface area contributed by atoms with Gasteiger partial charge in [-0.1, -0.05) is 36.4 Å². The molecule has 1 aromatic heterocycles. The number of methoxy groups -OCH3 is 1. The summed E-state index contributed by atoms with van der Waals surface area (Å²) in [5.74, 6) is 0.312. The van der Waals surface area contributed by atoms with E-state index in [-0.39, 0.29) is 17.6 Å². The molecule has 9 heteroatoms. The molecule has 1 N–H and O–H groups in total. The number of ether oxygens (including phenoxy) is 1. The van der Waals surface area contributed by atoms with Gasteiger partial charge in [0.25, 0.3) is 5.91 Å². The van der Waals surface area contributed by atoms with Gasteiger partial charge in [0.05, 0.1) is 23.6 Å². The molecule has 1 aliphatic heterocycles. The lowest BCUT2D eigenvalue weighted by Gasteiger charge is -2.18. The zero-order chi connectivity index (χ0) is 20.8. The summed E-state index contributed by atoms with van der Waals surface area (Å²) >= 11 is 8.99. The van der Waals surface area contributed by atoms with Gasteiger partial charge in [-0.2, -0.15) is 0 Å². The third-order valence-electron chi connectivity index (χ3n) is 3.95. The first-order chi connectivity index (χ1) is 14.0. The van der Waals surface area contributed by atoms with Crippen LogP contribution in [0.2, 0.25) is 5.02 Å². The van der Waals surface area contributed by atoms with E-state index >= 15 is 0 Å². The maximum atomic E-state index is 13.1. The highest BCUT2D eigenvalue weighted by molar-refractivity contribution is 8.14. The van der Waals surface area contributed by atoms with Gasteiger partial charge in [-0.25, -0.2) is 4.99 Å². The second-order valence-electron chi connectivity index (χ2n) is 6.04. The second-order valence-corrected chi connectivity index (χ2v) is 8.37. The fourth-order valence-electron chi connectivity index (χ4n) is 2.57. The molecular formula is C20H20ClN3O3S2. The Hall–Kier alpha value is -2.29. The average Bonchev–Trinajstić information content (AvgIpc) is 3.33. The molecule has 6 nitrogen and oxygen atoms in total. The van der Waals surface area contributed by atoms with Crippen LogP contribution in [0.1, 0.15) is 18.2 Å². The number of rotatable bonds is 7. The fourth-order valence-corrected chi connectivity index (χ4v) is 4.31. The van der Waals surface area contributed by atoms with Crippen molar-refractivity contribution in [2.45, 2.75) is 13.3 Å². The van der Waals surface area contributed by atoms with E-state index in [2.05, 4.69) is 10.3 Å². The summed E-state index contributed by atoms with van der Waals surface area (Å²) in [6.45, 7) is 2.61. The second kappa shape index (κ2) is 9.96. The van der Waals surface area contributed by atoms with Gasteiger partial charge in [0.15, 0.2) is 5.17 Å². The zero-order valence-corrected chi connectivity index (χ0v) is 18.4. The number of carbonyl (C=O) groups excluding carboxylic acids is 2. The number of amidine groups is 1. The number of carbonyl (C=O) groups is 2. The Morgan fingerprint density at radius 2 is 2.24 bits per heavy atom. The van der Waals surface area contributed by atoms with Crippen LogP contribution in [0, 0.1) is 0 Å². The highest BCUT2D eigenvalue weighted by atomic mass is 35.5. The molecule has 152 valence electrons. The van der Waals surface area contributed by atoms with E-state index in [9.17, 15) is 9.59 Å². The predicted octanol–water partition coefficient (Wildman–Crippen LogP) is 4.41. The molecular weight excluding hydrogens is 430 g/mol. The number of benzene rings is 1. The molecule has 0 unspecified atom stereocenters. The molecule has 0 aliphatic carbocycles. The van der Waals surface area contributed by atoms with Gasteiger partial charge >= 0.3 is 0 Å². The zero-order valence-electron chi connectivity index (χ0n) is 16.0. The van der Waals surface area contributed by atoms with E-state index in [1.165, 1.54) is 35.1 Å². The highest BCUT2D eigenvalue weighted by Crippen LogP contribution is 2.34. The topological polar surface area (TPSA) is 71.0 Å². The highest BCUT2D eigenvalue weighted by Gasteiger charge is 2.32. The number of hydrogen-bond donors (Lipinski definition) is 1. The molecule has 0 radical (unpaired) electrons. The van der Waals surface area contributed by atoms with E-state index in [0.717, 1.165) is 11.3 Å². The summed E-state index contributed by atoms with van der Waals surface area (Å²) in [5, 5.41) is 5.58. The van der Waals surface area contributed by atoms with Crippen molar-refractivity contribution in [3.8, 4) is 5.75 Å². The molecule has 0 fully saturated rings. The summed E-state index contributed by atoms with van der Waals surface area (Å²) in [6, 6.07) is 8.92. The van der Waals surface area contributed by atoms with Crippen LogP contribution >= 0.6 is 34.7 Å². The van der Waals surface area contributed by atoms with E-state index in [0.29, 0.717) is 33.9 Å². The minimum atomic E-state index is -0.268. The van der Waals surface area contributed by atoms with Gasteiger partial charge in [0, 0.05) is 11.4 Å². The SMILES string of the molecule is CCCNC(=O)CSC1=N/C(=C\c2cccs2)C(=O)N1c1ccc(OC)c(Cl)c1. The van der Waals surface area contributed by atoms with Crippen molar-refractivity contribution in [3.63, 3.8) is 0 Å². The van der Waals surface area contributed by atoms with Crippen LogP contribution in [0.4, 0.5) is 5.69 Å². The van der Waals surface area contributed by atoms with E-state index in [1.54, 1.807) is 24.3 Å². The first kappa shape index (κ1) is 21.4. The van der Waals surface area contributed by atoms with Gasteiger partial charge in [0.2, 0.25) is 5.91 Å². The molecule has 2 heterocycles. The number of halogens is 1. The van der Waals surface area contributed by atoms with Crippen molar-refractivity contribution in [1.29, 1.82) is 0 Å². The molecule has 1 aromatic carbocycles. The summed E-state index contributed by atoms with van der Waals surface area (Å²) in [7, 11) is 1.53. The molecule has 2 aromatic rings. The Bertz CT molecular complexity index is 958. The van der Waals surface area contributed by atoms with Gasteiger partial charge in [-0.15, -0.1) is 11.3 Å². The third-order valence-corrected chi connectivity index (χ3v) is 6.00. The lowest BCUT2D eigenvalue weighted by molar-refractivity contribution is -0.118. The van der Waals surface area contributed by atoms with Gasteiger partial charge in [-0.3, -0.25) is 14.5 Å². The van der Waals surface area contributed by atoms with Crippen molar-refractivity contribution in [2.24, 2.45) is 4.99 Å². The van der Waals surface area contributed by atoms with Gasteiger partial charge in [-0.05, 0) is 42.1 Å². The Kier molecular flexibility index (Phi) is 7.35. The largest absolute Gasteiger partial charge is 0.495 e. The van der Waals surface area contributed by atoms with Crippen LogP contribution in [0.3, 0.4) is 0 Å². The maximum Gasteiger partial charge on any atom is 0.283 e. The van der Waals surface area contributed by atoms with E-state index in [4.69, 9.17) is 16.3 Å². The smallest absolute Gasteiger partial charge is 0.283 e. The van der Waals surface area contributed by atoms with Crippen LogP contribution in [-0.4, -0.2) is 36.4 Å². The van der Waals surface area contributed by atoms with Gasteiger partial charge < -0.3 is 10.1 Å². The Labute approximate surface area is 182 Å². The van der Waals surface area contributed by atoms with Crippen molar-refractivity contribution in [3.05, 3.63) is 51.3 Å². The van der Waals surface area contributed by atoms with Crippen LogP contribution in [0.15, 0.2) is 46.4 Å². The number of aliphatic imine (C=N–C) groups is 1. The normalized spacial score (nSPS) is 15.0. The monoisotopic (exact) mass is 449 g/mol. The Morgan fingerprint density at radius 1 is 1.41 bits per heavy atom. The summed E-state index contributed by atoms with van der Waals surface area (Å²) in [4.78, 5) is 32.0. The summed E-state index contributed by atoms with van der Waals surface area (Å²) in [5.41, 5.74) is 0.881. The van der Waals surface area contributed by atoms with Crippen LogP contribution in [0.25, 0.3) is 6.08 Å². The van der Waals surface area contributed by atoms with Crippen LogP contribution in [-0.2, 0) is 9.59 Å². The minimum Gasteiger partial charge on any atom is -0.495 e. The first-order valence-corrected chi connectivity index (χ1v) is 11.2. The number of thioether (sulfide) groups is 1. The van der Waals surface area contributed by atoms with Crippen molar-refractivity contribution in [2.75, 3.05) is 24.3 Å². The predicted molar refractivity (Wildman–Crippen MR) is 121 cm³/mol. The summed E-state index contributed by atoms with van der Waals surface area (Å²) in [6.07, 6.45) is 2.61. The molecule has 29 heavy (non-hydrogen) atoms. The lowest BCUT2D eigenvalue weighted by atomic mass is 10.2. The molecule has 0 spiro atoms. The van der Waals surface area contributed by atoms with Gasteiger partial charge in [0.1, 0.15) is 11.4 Å². The fraction of sp³-hybridized carbons (Fsp3) is 0.250. The number of nitrogens with zero attached hydrogens (tertiary/aromatic N) is 2. The summed E-state index contributed by atoms with van der Waals surface area (Å²) < 4.78 is 5.19. The van der Waals surface area contributed by atoms with Crippen LogP contribution < -0.4 is 15.0 Å². The molecule has 0 atom stereocenters. The maximum absolute atomic E-state index is 13.1. The lowest BCUT2D eigenvalue weighted by Crippen LogP contribution is -2.32. The number of nitrogens with one attached hydrogen (secondary N) is 1. The van der Waals surface area contributed by atoms with Crippen molar-refractivity contribution < 1.29 is 14.3 Å². The van der Waals surface area contributed by atoms with Crippen molar-refractivity contribution >= 4 is 63.4 Å². The Morgan fingerprint density at radius 3 is 2.90 bits per heavy atom. The third kappa shape index (κ3) is 5.20. The molecule has 2 amide bonds. The minimum absolute atomic E-state index is 0.101. The first-order valence-electron chi connectivity index (χ1n) is 8.95. The Balaban J connectivity index is 1.89. The number of thiophene rings is 1. The molecule has 0 bridgehead atoms. The molecule has 1 aliphatic rings. The van der Waals surface area contributed by atoms with E-state index < -0.39 is 0 Å². The van der Waals surface area contributed by atoms with Crippen LogP contribution in [0.5, 0.6) is 5.75 Å². The number of anilines is 1. The standard InChI is InChI=1S/C20H20ClN3O3S2/c1-3-8-22-18(25)12-29-20-23-16(11-14-5-4-9-28-14)19(26)24(20)13-6-7-17(27-2)15(21)10-13/h4-7,9-11H,3,8,12H2,1-2H3,(H,22,25)/b16-11-. The molecule has 3 rings (SSSR count).